The summed E-state index contributed by atoms with van der Waals surface area (Å²) in [6.07, 6.45) is 40.7. The molecule has 6 nitrogen and oxygen atoms in total. The first-order valence-corrected chi connectivity index (χ1v) is 21.9. The van der Waals surface area contributed by atoms with Gasteiger partial charge < -0.3 is 0 Å². The molecule has 0 saturated carbocycles. The van der Waals surface area contributed by atoms with Gasteiger partial charge in [0.15, 0.2) is 0 Å². The van der Waals surface area contributed by atoms with Crippen LogP contribution in [0.25, 0.3) is 0 Å². The summed E-state index contributed by atoms with van der Waals surface area (Å²) in [4.78, 5) is 27.0. The number of rotatable bonds is 32. The molecule has 1 saturated heterocycles. The lowest BCUT2D eigenvalue weighted by Gasteiger charge is -2.59. The van der Waals surface area contributed by atoms with Crippen molar-refractivity contribution in [3.05, 3.63) is 35.4 Å². The summed E-state index contributed by atoms with van der Waals surface area (Å²) in [6.45, 7) is 5.68. The molecule has 4 rings (SSSR count). The van der Waals surface area contributed by atoms with Gasteiger partial charge in [-0.15, -0.1) is 0 Å². The van der Waals surface area contributed by atoms with Crippen molar-refractivity contribution < 1.29 is 9.59 Å². The van der Waals surface area contributed by atoms with E-state index in [1.807, 2.05) is 10.2 Å². The van der Waals surface area contributed by atoms with Crippen molar-refractivity contribution in [3.8, 4) is 0 Å². The lowest BCUT2D eigenvalue weighted by molar-refractivity contribution is -0.472. The average molecular weight is 695 g/mol. The van der Waals surface area contributed by atoms with E-state index in [9.17, 15) is 9.59 Å². The van der Waals surface area contributed by atoms with Crippen molar-refractivity contribution in [1.29, 1.82) is 0 Å². The third-order valence-electron chi connectivity index (χ3n) is 10.9. The first-order chi connectivity index (χ1) is 24.7. The first-order valence-electron chi connectivity index (χ1n) is 21.9. The lowest BCUT2D eigenvalue weighted by atomic mass is 10.0. The zero-order chi connectivity index (χ0) is 35.5. The zero-order valence-electron chi connectivity index (χ0n) is 33.0. The van der Waals surface area contributed by atoms with Gasteiger partial charge in [0.1, 0.15) is 0 Å². The summed E-state index contributed by atoms with van der Waals surface area (Å²) >= 11 is 0. The Kier molecular flexibility index (Phi) is 23.5. The van der Waals surface area contributed by atoms with Crippen LogP contribution < -0.4 is 0 Å². The van der Waals surface area contributed by atoms with E-state index in [1.165, 1.54) is 167 Å². The molecule has 1 aromatic rings. The fraction of sp³-hybridized carbons (Fsp3) is 0.818. The van der Waals surface area contributed by atoms with Gasteiger partial charge in [-0.25, -0.2) is 0 Å². The highest BCUT2D eigenvalue weighted by Crippen LogP contribution is 2.33. The molecule has 4 bridgehead atoms. The molecule has 3 aliphatic rings. The molecule has 1 fully saturated rings. The number of nitrogens with zero attached hydrogens (tertiary/aromatic N) is 4. The molecule has 0 aromatic heterocycles. The highest BCUT2D eigenvalue weighted by atomic mass is 16.3. The summed E-state index contributed by atoms with van der Waals surface area (Å²) in [6, 6.07) is 8.49. The number of unbranched alkanes of at least 4 members (excludes halogenated alkanes) is 28. The second-order valence-corrected chi connectivity index (χ2v) is 15.6. The van der Waals surface area contributed by atoms with Crippen LogP contribution in [0.2, 0.25) is 0 Å². The normalized spacial score (nSPS) is 16.7. The van der Waals surface area contributed by atoms with Gasteiger partial charge in [-0.1, -0.05) is 228 Å². The molecule has 0 aliphatic carbocycles. The predicted octanol–water partition coefficient (Wildman–Crippen LogP) is 13.2. The number of benzene rings is 1. The van der Waals surface area contributed by atoms with Gasteiger partial charge in [0.05, 0.1) is 13.1 Å². The van der Waals surface area contributed by atoms with Crippen LogP contribution in [-0.4, -0.2) is 32.3 Å². The maximum Gasteiger partial charge on any atom is 0.254 e. The second-order valence-electron chi connectivity index (χ2n) is 15.6. The molecule has 50 heavy (non-hydrogen) atoms. The highest BCUT2D eigenvalue weighted by molar-refractivity contribution is 5.79. The third-order valence-corrected chi connectivity index (χ3v) is 10.9. The van der Waals surface area contributed by atoms with Crippen LogP contribution in [-0.2, 0) is 22.7 Å². The van der Waals surface area contributed by atoms with E-state index in [1.54, 1.807) is 10.2 Å². The van der Waals surface area contributed by atoms with Crippen molar-refractivity contribution in [2.45, 2.75) is 232 Å². The van der Waals surface area contributed by atoms with E-state index >= 15 is 0 Å². The summed E-state index contributed by atoms with van der Waals surface area (Å²) < 4.78 is 0. The predicted molar refractivity (Wildman–Crippen MR) is 210 cm³/mol. The number of amides is 2. The fourth-order valence-corrected chi connectivity index (χ4v) is 7.80. The van der Waals surface area contributed by atoms with Gasteiger partial charge >= 0.3 is 0 Å². The largest absolute Gasteiger partial charge is 0.272 e. The van der Waals surface area contributed by atoms with E-state index < -0.39 is 0 Å². The molecule has 1 aromatic carbocycles. The fourth-order valence-electron chi connectivity index (χ4n) is 7.80. The molecular weight excluding hydrogens is 617 g/mol. The van der Waals surface area contributed by atoms with Gasteiger partial charge in [0.2, 0.25) is 0 Å². The van der Waals surface area contributed by atoms with Crippen molar-refractivity contribution in [2.24, 2.45) is 0 Å². The molecule has 6 heteroatoms. The van der Waals surface area contributed by atoms with E-state index in [2.05, 4.69) is 38.1 Å². The van der Waals surface area contributed by atoms with Gasteiger partial charge in [0.25, 0.3) is 11.8 Å². The molecule has 0 atom stereocenters. The molecule has 3 aliphatic heterocycles. The number of hydrazine groups is 4. The third kappa shape index (κ3) is 17.1. The first kappa shape index (κ1) is 42.5. The molecule has 0 radical (unpaired) electrons. The van der Waals surface area contributed by atoms with E-state index in [4.69, 9.17) is 0 Å². The number of carbonyl (C=O) groups is 2. The lowest BCUT2D eigenvalue weighted by Crippen LogP contribution is -2.79. The van der Waals surface area contributed by atoms with Crippen LogP contribution in [0, 0.1) is 0 Å². The summed E-state index contributed by atoms with van der Waals surface area (Å²) in [7, 11) is 0. The van der Waals surface area contributed by atoms with Crippen LogP contribution in [0.3, 0.4) is 0 Å². The number of hydrogen-bond donors (Lipinski definition) is 0. The Hall–Kier alpha value is -1.92. The number of carbonyl (C=O) groups excluding carboxylic acids is 2. The number of hydrogen-bond acceptors (Lipinski definition) is 4. The van der Waals surface area contributed by atoms with Crippen molar-refractivity contribution in [3.63, 3.8) is 0 Å². The Balaban J connectivity index is 1.24. The van der Waals surface area contributed by atoms with Crippen molar-refractivity contribution >= 4 is 11.8 Å². The SMILES string of the molecule is CCCCCCCCCCCCCCCCCC(=O)N1N2Cc3cccc(c3)CN1N2C(=O)CCCCCCCCCCCCCCCCC. The van der Waals surface area contributed by atoms with Gasteiger partial charge in [0, 0.05) is 12.8 Å². The summed E-state index contributed by atoms with van der Waals surface area (Å²) in [5.74, 6) is 0.224. The van der Waals surface area contributed by atoms with Crippen LogP contribution in [0.15, 0.2) is 24.3 Å². The monoisotopic (exact) mass is 695 g/mol. The molecule has 286 valence electrons. The minimum atomic E-state index is 0.112. The summed E-state index contributed by atoms with van der Waals surface area (Å²) in [5, 5.41) is 7.29. The Bertz CT molecular complexity index is 932. The standard InChI is InChI=1S/C44H78N4O2/c1-3-5-7-9-11-13-15-17-19-21-23-25-27-29-31-36-43(49)47-45-39-41-34-33-35-42(38-41)40-46(47)48(45)44(50)37-32-30-28-26-24-22-20-18-16-14-12-10-8-6-4-2/h33-35,38H,3-32,36-37,39-40H2,1-2H3. The van der Waals surface area contributed by atoms with Crippen LogP contribution in [0.5, 0.6) is 0 Å². The topological polar surface area (TPSA) is 47.1 Å². The Morgan fingerprint density at radius 1 is 0.420 bits per heavy atom. The van der Waals surface area contributed by atoms with E-state index in [-0.39, 0.29) is 11.8 Å². The highest BCUT2D eigenvalue weighted by Gasteiger charge is 2.49. The van der Waals surface area contributed by atoms with Gasteiger partial charge in [-0.3, -0.25) is 9.59 Å². The minimum Gasteiger partial charge on any atom is -0.272 e. The quantitative estimate of drug-likeness (QED) is 0.0704. The van der Waals surface area contributed by atoms with Crippen LogP contribution in [0.1, 0.15) is 230 Å². The van der Waals surface area contributed by atoms with Crippen molar-refractivity contribution in [2.75, 3.05) is 0 Å². The molecule has 3 heterocycles. The van der Waals surface area contributed by atoms with Gasteiger partial charge in [-0.05, 0) is 24.0 Å². The molecule has 0 spiro atoms. The van der Waals surface area contributed by atoms with E-state index in [0.717, 1.165) is 36.8 Å². The molecular formula is C44H78N4O2. The van der Waals surface area contributed by atoms with Gasteiger partial charge in [-0.2, -0.15) is 10.2 Å². The Morgan fingerprint density at radius 3 is 0.960 bits per heavy atom. The van der Waals surface area contributed by atoms with E-state index in [0.29, 0.717) is 25.9 Å². The minimum absolute atomic E-state index is 0.112. The summed E-state index contributed by atoms with van der Waals surface area (Å²) in [5.41, 5.74) is 2.30. The molecule has 0 unspecified atom stereocenters. The molecule has 0 N–H and O–H groups in total. The Labute approximate surface area is 309 Å². The average Bonchev–Trinajstić information content (AvgIpc) is 3.10. The van der Waals surface area contributed by atoms with Crippen LogP contribution in [0.4, 0.5) is 0 Å². The smallest absolute Gasteiger partial charge is 0.254 e. The molecule has 2 amide bonds. The second kappa shape index (κ2) is 27.7. The zero-order valence-corrected chi connectivity index (χ0v) is 33.0. The van der Waals surface area contributed by atoms with Crippen LogP contribution >= 0.6 is 0 Å². The maximum atomic E-state index is 13.5. The maximum absolute atomic E-state index is 13.5. The Morgan fingerprint density at radius 2 is 0.680 bits per heavy atom. The van der Waals surface area contributed by atoms with Crippen molar-refractivity contribution in [1.82, 2.24) is 20.5 Å².